The lowest BCUT2D eigenvalue weighted by Gasteiger charge is -2.23. The second-order valence-corrected chi connectivity index (χ2v) is 8.40. The fourth-order valence-corrected chi connectivity index (χ4v) is 4.11. The number of Topliss-reactive ketones (excluding diaryl/α,β-unsaturated/α-hetero) is 1. The highest BCUT2D eigenvalue weighted by Crippen LogP contribution is 2.32. The highest BCUT2D eigenvalue weighted by atomic mass is 35.5. The number of carbonyl (C=O) groups is 1. The fourth-order valence-electron chi connectivity index (χ4n) is 3.90. The molecule has 1 atom stereocenters. The number of morpholine rings is 1. The number of benzene rings is 1. The Bertz CT molecular complexity index is 915. The number of nitrogens with zero attached hydrogens (tertiary/aromatic N) is 1. The SMILES string of the molecule is O=C(Cc1cc(-c2cc(NCC3CCOCC3)ccc2F)c(Cl)cn1)[C@H]1CNCCO1. The minimum Gasteiger partial charge on any atom is -0.385 e. The van der Waals surface area contributed by atoms with Gasteiger partial charge < -0.3 is 20.1 Å². The van der Waals surface area contributed by atoms with Crippen LogP contribution in [-0.4, -0.2) is 56.3 Å². The minimum atomic E-state index is -0.482. The Hall–Kier alpha value is -2.06. The summed E-state index contributed by atoms with van der Waals surface area (Å²) in [7, 11) is 0. The number of halogens is 2. The van der Waals surface area contributed by atoms with E-state index in [2.05, 4.69) is 15.6 Å². The molecule has 0 bridgehead atoms. The van der Waals surface area contributed by atoms with E-state index in [4.69, 9.17) is 21.1 Å². The highest BCUT2D eigenvalue weighted by molar-refractivity contribution is 6.33. The Morgan fingerprint density at radius 2 is 2.06 bits per heavy atom. The summed E-state index contributed by atoms with van der Waals surface area (Å²) in [6, 6.07) is 6.61. The summed E-state index contributed by atoms with van der Waals surface area (Å²) in [5.41, 5.74) is 2.27. The topological polar surface area (TPSA) is 72.5 Å². The Morgan fingerprint density at radius 3 is 2.84 bits per heavy atom. The molecule has 3 heterocycles. The number of aromatic nitrogens is 1. The van der Waals surface area contributed by atoms with E-state index in [9.17, 15) is 9.18 Å². The molecule has 1 aromatic carbocycles. The number of pyridine rings is 1. The van der Waals surface area contributed by atoms with E-state index in [1.807, 2.05) is 0 Å². The molecular formula is C23H27ClFN3O3. The largest absolute Gasteiger partial charge is 0.385 e. The molecule has 166 valence electrons. The molecule has 2 saturated heterocycles. The monoisotopic (exact) mass is 447 g/mol. The van der Waals surface area contributed by atoms with Gasteiger partial charge in [-0.15, -0.1) is 0 Å². The predicted octanol–water partition coefficient (Wildman–Crippen LogP) is 3.48. The molecule has 2 aliphatic rings. The van der Waals surface area contributed by atoms with Crippen molar-refractivity contribution < 1.29 is 18.7 Å². The summed E-state index contributed by atoms with van der Waals surface area (Å²) in [5.74, 6) is 0.114. The van der Waals surface area contributed by atoms with Gasteiger partial charge in [0.15, 0.2) is 5.78 Å². The van der Waals surface area contributed by atoms with Crippen LogP contribution < -0.4 is 10.6 Å². The standard InChI is InChI=1S/C23H27ClFN3O3/c24-20-13-28-17(11-22(29)23-14-26-5-8-31-23)10-18(20)19-9-16(1-2-21(19)25)27-12-15-3-6-30-7-4-15/h1-2,9-10,13,15,23,26-27H,3-8,11-12,14H2/t23-/m1/s1. The van der Waals surface area contributed by atoms with Gasteiger partial charge in [0, 0.05) is 61.6 Å². The van der Waals surface area contributed by atoms with Gasteiger partial charge in [-0.25, -0.2) is 4.39 Å². The molecule has 1 aromatic heterocycles. The van der Waals surface area contributed by atoms with Gasteiger partial charge in [-0.1, -0.05) is 11.6 Å². The molecule has 0 spiro atoms. The molecule has 2 N–H and O–H groups in total. The Kier molecular flexibility index (Phi) is 7.50. The van der Waals surface area contributed by atoms with Crippen molar-refractivity contribution >= 4 is 23.1 Å². The Balaban J connectivity index is 1.49. The van der Waals surface area contributed by atoms with Crippen LogP contribution in [0.1, 0.15) is 18.5 Å². The maximum Gasteiger partial charge on any atom is 0.168 e. The Morgan fingerprint density at radius 1 is 1.23 bits per heavy atom. The summed E-state index contributed by atoms with van der Waals surface area (Å²) in [4.78, 5) is 16.8. The van der Waals surface area contributed by atoms with Crippen LogP contribution >= 0.6 is 11.6 Å². The first kappa shape index (κ1) is 22.1. The van der Waals surface area contributed by atoms with Crippen LogP contribution in [0, 0.1) is 11.7 Å². The highest BCUT2D eigenvalue weighted by Gasteiger charge is 2.23. The maximum absolute atomic E-state index is 14.7. The number of ether oxygens (including phenoxy) is 2. The molecular weight excluding hydrogens is 421 g/mol. The van der Waals surface area contributed by atoms with E-state index in [0.29, 0.717) is 40.9 Å². The van der Waals surface area contributed by atoms with Gasteiger partial charge >= 0.3 is 0 Å². The van der Waals surface area contributed by atoms with Crippen LogP contribution in [-0.2, 0) is 20.7 Å². The van der Waals surface area contributed by atoms with Crippen molar-refractivity contribution in [3.8, 4) is 11.1 Å². The van der Waals surface area contributed by atoms with Crippen molar-refractivity contribution in [1.29, 1.82) is 0 Å². The molecule has 4 rings (SSSR count). The molecule has 6 nitrogen and oxygen atoms in total. The molecule has 8 heteroatoms. The van der Waals surface area contributed by atoms with E-state index in [0.717, 1.165) is 44.8 Å². The van der Waals surface area contributed by atoms with Gasteiger partial charge in [-0.2, -0.15) is 0 Å². The number of hydrogen-bond acceptors (Lipinski definition) is 6. The van der Waals surface area contributed by atoms with E-state index in [1.54, 1.807) is 18.2 Å². The average Bonchev–Trinajstić information content (AvgIpc) is 2.81. The molecule has 0 unspecified atom stereocenters. The van der Waals surface area contributed by atoms with E-state index >= 15 is 0 Å². The number of anilines is 1. The molecule has 2 aliphatic heterocycles. The number of ketones is 1. The molecule has 0 aliphatic carbocycles. The van der Waals surface area contributed by atoms with Crippen LogP contribution in [0.25, 0.3) is 11.1 Å². The fraction of sp³-hybridized carbons (Fsp3) is 0.478. The van der Waals surface area contributed by atoms with Gasteiger partial charge in [-0.05, 0) is 43.0 Å². The van der Waals surface area contributed by atoms with Crippen molar-refractivity contribution in [1.82, 2.24) is 10.3 Å². The van der Waals surface area contributed by atoms with Crippen LogP contribution in [0.3, 0.4) is 0 Å². The van der Waals surface area contributed by atoms with Gasteiger partial charge in [0.1, 0.15) is 11.9 Å². The zero-order chi connectivity index (χ0) is 21.6. The third kappa shape index (κ3) is 5.80. The van der Waals surface area contributed by atoms with Gasteiger partial charge in [0.2, 0.25) is 0 Å². The van der Waals surface area contributed by atoms with Crippen molar-refractivity contribution in [2.24, 2.45) is 5.92 Å². The van der Waals surface area contributed by atoms with Crippen molar-refractivity contribution in [2.45, 2.75) is 25.4 Å². The summed E-state index contributed by atoms with van der Waals surface area (Å²) in [6.45, 7) is 4.14. The molecule has 31 heavy (non-hydrogen) atoms. The van der Waals surface area contributed by atoms with E-state index < -0.39 is 6.10 Å². The van der Waals surface area contributed by atoms with E-state index in [-0.39, 0.29) is 18.0 Å². The summed E-state index contributed by atoms with van der Waals surface area (Å²) >= 11 is 6.36. The lowest BCUT2D eigenvalue weighted by atomic mass is 9.99. The number of nitrogens with one attached hydrogen (secondary N) is 2. The number of hydrogen-bond donors (Lipinski definition) is 2. The van der Waals surface area contributed by atoms with Crippen LogP contribution in [0.5, 0.6) is 0 Å². The van der Waals surface area contributed by atoms with Crippen LogP contribution in [0.2, 0.25) is 5.02 Å². The first-order valence-corrected chi connectivity index (χ1v) is 11.1. The summed E-state index contributed by atoms with van der Waals surface area (Å²) in [6.07, 6.45) is 3.15. The molecule has 0 radical (unpaired) electrons. The van der Waals surface area contributed by atoms with Crippen molar-refractivity contribution in [3.63, 3.8) is 0 Å². The predicted molar refractivity (Wildman–Crippen MR) is 118 cm³/mol. The second kappa shape index (κ2) is 10.5. The number of rotatable bonds is 7. The second-order valence-electron chi connectivity index (χ2n) is 7.99. The van der Waals surface area contributed by atoms with Gasteiger partial charge in [0.25, 0.3) is 0 Å². The zero-order valence-corrected chi connectivity index (χ0v) is 18.1. The van der Waals surface area contributed by atoms with Crippen molar-refractivity contribution in [3.05, 3.63) is 47.0 Å². The molecule has 0 amide bonds. The van der Waals surface area contributed by atoms with Gasteiger partial charge in [0.05, 0.1) is 18.1 Å². The molecule has 2 aromatic rings. The first-order valence-electron chi connectivity index (χ1n) is 10.7. The maximum atomic E-state index is 14.7. The quantitative estimate of drug-likeness (QED) is 0.677. The van der Waals surface area contributed by atoms with E-state index in [1.165, 1.54) is 12.3 Å². The minimum absolute atomic E-state index is 0.0553. The van der Waals surface area contributed by atoms with Crippen molar-refractivity contribution in [2.75, 3.05) is 44.8 Å². The Labute approximate surface area is 186 Å². The zero-order valence-electron chi connectivity index (χ0n) is 17.3. The first-order chi connectivity index (χ1) is 15.1. The average molecular weight is 448 g/mol. The lowest BCUT2D eigenvalue weighted by Crippen LogP contribution is -2.43. The lowest BCUT2D eigenvalue weighted by molar-refractivity contribution is -0.131. The normalized spacial score (nSPS) is 19.9. The summed E-state index contributed by atoms with van der Waals surface area (Å²) in [5, 5.41) is 6.89. The third-order valence-electron chi connectivity index (χ3n) is 5.75. The van der Waals surface area contributed by atoms with Gasteiger partial charge in [-0.3, -0.25) is 9.78 Å². The smallest absolute Gasteiger partial charge is 0.168 e. The van der Waals surface area contributed by atoms with Crippen LogP contribution in [0.15, 0.2) is 30.5 Å². The number of carbonyl (C=O) groups excluding carboxylic acids is 1. The summed E-state index contributed by atoms with van der Waals surface area (Å²) < 4.78 is 25.6. The van der Waals surface area contributed by atoms with Crippen LogP contribution in [0.4, 0.5) is 10.1 Å². The third-order valence-corrected chi connectivity index (χ3v) is 6.05. The molecule has 2 fully saturated rings. The molecule has 0 saturated carbocycles.